The van der Waals surface area contributed by atoms with Crippen LogP contribution in [0.3, 0.4) is 0 Å². The number of hydrogen-bond acceptors (Lipinski definition) is 4. The highest BCUT2D eigenvalue weighted by Crippen LogP contribution is 2.38. The van der Waals surface area contributed by atoms with Crippen molar-refractivity contribution >= 4 is 57.6 Å². The maximum absolute atomic E-state index is 6.24. The van der Waals surface area contributed by atoms with Gasteiger partial charge in [0.25, 0.3) is 0 Å². The zero-order chi connectivity index (χ0) is 16.6. The molecule has 1 aliphatic heterocycles. The zero-order valence-electron chi connectivity index (χ0n) is 12.1. The third-order valence-corrected chi connectivity index (χ3v) is 5.28. The smallest absolute Gasteiger partial charge is 0.187 e. The molecule has 120 valence electrons. The second-order valence-electron chi connectivity index (χ2n) is 4.96. The first-order valence-electron chi connectivity index (χ1n) is 6.75. The van der Waals surface area contributed by atoms with Crippen LogP contribution >= 0.6 is 46.8 Å². The van der Waals surface area contributed by atoms with E-state index in [1.807, 2.05) is 30.3 Å². The zero-order valence-corrected chi connectivity index (χ0v) is 15.3. The average molecular weight is 386 g/mol. The molecule has 1 unspecified atom stereocenters. The molecule has 2 N–H and O–H groups in total. The van der Waals surface area contributed by atoms with Crippen molar-refractivity contribution in [2.24, 2.45) is 10.8 Å². The highest BCUT2D eigenvalue weighted by atomic mass is 35.5. The van der Waals surface area contributed by atoms with Crippen LogP contribution in [0.1, 0.15) is 23.6 Å². The summed E-state index contributed by atoms with van der Waals surface area (Å²) in [6.45, 7) is 0. The second kappa shape index (κ2) is 6.65. The molecular formula is C15H13Cl2N3OS2. The fourth-order valence-electron chi connectivity index (χ4n) is 2.50. The molecule has 3 rings (SSSR count). The number of hydrogen-bond donors (Lipinski definition) is 1. The van der Waals surface area contributed by atoms with Crippen molar-refractivity contribution in [1.82, 2.24) is 5.01 Å². The summed E-state index contributed by atoms with van der Waals surface area (Å²) in [5.74, 6) is 0.794. The Morgan fingerprint density at radius 2 is 2.09 bits per heavy atom. The van der Waals surface area contributed by atoms with Crippen LogP contribution in [-0.4, -0.2) is 22.9 Å². The van der Waals surface area contributed by atoms with E-state index in [0.29, 0.717) is 15.1 Å². The lowest BCUT2D eigenvalue weighted by molar-refractivity contribution is 0.371. The molecule has 0 saturated heterocycles. The van der Waals surface area contributed by atoms with Gasteiger partial charge >= 0.3 is 0 Å². The van der Waals surface area contributed by atoms with Crippen LogP contribution in [0.25, 0.3) is 0 Å². The summed E-state index contributed by atoms with van der Waals surface area (Å²) < 4.78 is 6.44. The first-order valence-corrected chi connectivity index (χ1v) is 8.73. The molecule has 2 heterocycles. The van der Waals surface area contributed by atoms with Gasteiger partial charge in [-0.3, -0.25) is 0 Å². The predicted molar refractivity (Wildman–Crippen MR) is 99.9 cm³/mol. The van der Waals surface area contributed by atoms with E-state index in [0.717, 1.165) is 22.6 Å². The molecular weight excluding hydrogens is 373 g/mol. The SMILES string of the molecule is COc1ccc(C2CC(c3cc(Cl)sc3Cl)=NN2C(N)=S)cc1. The number of rotatable bonds is 3. The molecule has 1 aliphatic rings. The van der Waals surface area contributed by atoms with Crippen molar-refractivity contribution in [1.29, 1.82) is 0 Å². The Bertz CT molecular complexity index is 774. The van der Waals surface area contributed by atoms with Gasteiger partial charge in [0.15, 0.2) is 5.11 Å². The Balaban J connectivity index is 1.93. The third-order valence-electron chi connectivity index (χ3n) is 3.60. The third kappa shape index (κ3) is 3.30. The highest BCUT2D eigenvalue weighted by molar-refractivity contribution is 7.80. The maximum Gasteiger partial charge on any atom is 0.187 e. The largest absolute Gasteiger partial charge is 0.497 e. The Kier molecular flexibility index (Phi) is 4.77. The minimum Gasteiger partial charge on any atom is -0.497 e. The number of methoxy groups -OCH3 is 1. The van der Waals surface area contributed by atoms with Gasteiger partial charge in [-0.2, -0.15) is 5.10 Å². The van der Waals surface area contributed by atoms with Crippen LogP contribution in [0.4, 0.5) is 0 Å². The van der Waals surface area contributed by atoms with Crippen LogP contribution in [0.15, 0.2) is 35.4 Å². The molecule has 0 spiro atoms. The molecule has 1 aromatic heterocycles. The summed E-state index contributed by atoms with van der Waals surface area (Å²) in [6, 6.07) is 9.52. The van der Waals surface area contributed by atoms with Crippen LogP contribution < -0.4 is 10.5 Å². The standard InChI is InChI=1S/C15H13Cl2N3OS2/c1-21-9-4-2-8(3-5-9)12-7-11(19-20(12)15(18)22)10-6-13(16)23-14(10)17/h2-6,12H,7H2,1H3,(H2,18,22). The fourth-order valence-corrected chi connectivity index (χ4v) is 4.17. The van der Waals surface area contributed by atoms with E-state index in [1.165, 1.54) is 11.3 Å². The van der Waals surface area contributed by atoms with Crippen molar-refractivity contribution in [3.63, 3.8) is 0 Å². The average Bonchev–Trinajstić information content (AvgIpc) is 3.10. The minimum atomic E-state index is -0.0665. The summed E-state index contributed by atoms with van der Waals surface area (Å²) in [7, 11) is 1.63. The summed E-state index contributed by atoms with van der Waals surface area (Å²) in [4.78, 5) is 0. The Morgan fingerprint density at radius 3 is 2.61 bits per heavy atom. The molecule has 0 saturated carbocycles. The number of nitrogens with two attached hydrogens (primary N) is 1. The van der Waals surface area contributed by atoms with Gasteiger partial charge in [0, 0.05) is 12.0 Å². The number of halogens is 2. The van der Waals surface area contributed by atoms with Crippen molar-refractivity contribution < 1.29 is 4.74 Å². The van der Waals surface area contributed by atoms with E-state index in [4.69, 9.17) is 45.9 Å². The van der Waals surface area contributed by atoms with Crippen molar-refractivity contribution in [2.75, 3.05) is 7.11 Å². The van der Waals surface area contributed by atoms with Crippen LogP contribution in [0, 0.1) is 0 Å². The van der Waals surface area contributed by atoms with E-state index in [2.05, 4.69) is 5.10 Å². The molecule has 1 atom stereocenters. The molecule has 8 heteroatoms. The van der Waals surface area contributed by atoms with Gasteiger partial charge in [-0.15, -0.1) is 11.3 Å². The molecule has 0 amide bonds. The summed E-state index contributed by atoms with van der Waals surface area (Å²) in [6.07, 6.45) is 0.649. The second-order valence-corrected chi connectivity index (χ2v) is 7.66. The van der Waals surface area contributed by atoms with Crippen molar-refractivity contribution in [3.05, 3.63) is 50.1 Å². The van der Waals surface area contributed by atoms with E-state index in [1.54, 1.807) is 12.1 Å². The van der Waals surface area contributed by atoms with Gasteiger partial charge in [-0.1, -0.05) is 35.3 Å². The van der Waals surface area contributed by atoms with Crippen molar-refractivity contribution in [3.8, 4) is 5.75 Å². The topological polar surface area (TPSA) is 50.8 Å². The summed E-state index contributed by atoms with van der Waals surface area (Å²) in [5.41, 5.74) is 8.54. The number of ether oxygens (including phenoxy) is 1. The molecule has 1 aromatic carbocycles. The first-order chi connectivity index (χ1) is 11.0. The van der Waals surface area contributed by atoms with Crippen LogP contribution in [0.5, 0.6) is 5.75 Å². The molecule has 0 aliphatic carbocycles. The van der Waals surface area contributed by atoms with Crippen molar-refractivity contribution in [2.45, 2.75) is 12.5 Å². The normalized spacial score (nSPS) is 17.3. The lowest BCUT2D eigenvalue weighted by atomic mass is 10.00. The molecule has 4 nitrogen and oxygen atoms in total. The Labute approximate surface area is 153 Å². The molecule has 0 fully saturated rings. The fraction of sp³-hybridized carbons (Fsp3) is 0.200. The number of hydrazone groups is 1. The maximum atomic E-state index is 6.24. The van der Waals surface area contributed by atoms with Gasteiger partial charge in [0.05, 0.1) is 23.2 Å². The van der Waals surface area contributed by atoms with Crippen LogP contribution in [0.2, 0.25) is 8.67 Å². The monoisotopic (exact) mass is 385 g/mol. The van der Waals surface area contributed by atoms with Crippen LogP contribution in [-0.2, 0) is 0 Å². The number of thiophene rings is 1. The summed E-state index contributed by atoms with van der Waals surface area (Å²) in [5, 5.41) is 6.42. The lowest BCUT2D eigenvalue weighted by Crippen LogP contribution is -2.31. The highest BCUT2D eigenvalue weighted by Gasteiger charge is 2.31. The van der Waals surface area contributed by atoms with E-state index < -0.39 is 0 Å². The summed E-state index contributed by atoms with van der Waals surface area (Å²) >= 11 is 18.7. The number of benzene rings is 1. The van der Waals surface area contributed by atoms with Gasteiger partial charge in [-0.05, 0) is 36.0 Å². The first kappa shape index (κ1) is 16.5. The van der Waals surface area contributed by atoms with Gasteiger partial charge < -0.3 is 10.5 Å². The van der Waals surface area contributed by atoms with Gasteiger partial charge in [0.2, 0.25) is 0 Å². The number of nitrogens with zero attached hydrogens (tertiary/aromatic N) is 2. The molecule has 23 heavy (non-hydrogen) atoms. The minimum absolute atomic E-state index is 0.0665. The lowest BCUT2D eigenvalue weighted by Gasteiger charge is -2.22. The van der Waals surface area contributed by atoms with Gasteiger partial charge in [-0.25, -0.2) is 5.01 Å². The Hall–Kier alpha value is -1.34. The molecule has 0 bridgehead atoms. The van der Waals surface area contributed by atoms with E-state index >= 15 is 0 Å². The van der Waals surface area contributed by atoms with Gasteiger partial charge in [0.1, 0.15) is 10.1 Å². The molecule has 0 radical (unpaired) electrons. The number of thiocarbonyl (C=S) groups is 1. The Morgan fingerprint density at radius 1 is 1.39 bits per heavy atom. The predicted octanol–water partition coefficient (Wildman–Crippen LogP) is 4.46. The molecule has 2 aromatic rings. The van der Waals surface area contributed by atoms with E-state index in [9.17, 15) is 0 Å². The quantitative estimate of drug-likeness (QED) is 0.792. The van der Waals surface area contributed by atoms with E-state index in [-0.39, 0.29) is 11.2 Å².